The lowest BCUT2D eigenvalue weighted by Crippen LogP contribution is -2.12. The Morgan fingerprint density at radius 3 is 2.56 bits per heavy atom. The minimum Gasteiger partial charge on any atom is -0.288 e. The normalized spacial score (nSPS) is 7.78. The predicted molar refractivity (Wildman–Crippen MR) is 40.2 cm³/mol. The van der Waals surface area contributed by atoms with Crippen molar-refractivity contribution in [2.75, 3.05) is 13.6 Å². The smallest absolute Gasteiger partial charge is 0.0962 e. The van der Waals surface area contributed by atoms with Gasteiger partial charge in [0, 0.05) is 12.8 Å². The molecule has 9 heavy (non-hydrogen) atoms. The minimum atomic E-state index is 0.575. The standard InChI is InChI=1S/C7H12N2/c1-5-6-9(4)8-7(2)3/h1H,6H2,2-4H3. The summed E-state index contributed by atoms with van der Waals surface area (Å²) in [5.74, 6) is 2.49. The van der Waals surface area contributed by atoms with Crippen LogP contribution in [-0.2, 0) is 0 Å². The molecule has 0 heterocycles. The van der Waals surface area contributed by atoms with E-state index in [-0.39, 0.29) is 0 Å². The Morgan fingerprint density at radius 1 is 1.67 bits per heavy atom. The highest BCUT2D eigenvalue weighted by atomic mass is 15.4. The molecule has 0 fully saturated rings. The molecule has 0 saturated heterocycles. The molecule has 2 heteroatoms. The third kappa shape index (κ3) is 4.89. The topological polar surface area (TPSA) is 15.6 Å². The van der Waals surface area contributed by atoms with Gasteiger partial charge in [0.25, 0.3) is 0 Å². The van der Waals surface area contributed by atoms with E-state index in [1.54, 1.807) is 5.01 Å². The SMILES string of the molecule is C#CCN(C)N=C(C)C. The van der Waals surface area contributed by atoms with Gasteiger partial charge in [0.05, 0.1) is 6.54 Å². The molecule has 0 amide bonds. The van der Waals surface area contributed by atoms with Crippen LogP contribution in [0.3, 0.4) is 0 Å². The van der Waals surface area contributed by atoms with Crippen molar-refractivity contribution in [1.29, 1.82) is 0 Å². The number of hydrazone groups is 1. The van der Waals surface area contributed by atoms with Crippen LogP contribution in [0, 0.1) is 12.3 Å². The maximum atomic E-state index is 5.04. The van der Waals surface area contributed by atoms with Crippen LogP contribution >= 0.6 is 0 Å². The lowest BCUT2D eigenvalue weighted by molar-refractivity contribution is 0.401. The second kappa shape index (κ2) is 3.96. The molecule has 0 saturated carbocycles. The summed E-state index contributed by atoms with van der Waals surface area (Å²) in [7, 11) is 1.85. The zero-order chi connectivity index (χ0) is 7.28. The number of nitrogens with zero attached hydrogens (tertiary/aromatic N) is 2. The Morgan fingerprint density at radius 2 is 2.22 bits per heavy atom. The van der Waals surface area contributed by atoms with Crippen LogP contribution in [0.25, 0.3) is 0 Å². The van der Waals surface area contributed by atoms with Gasteiger partial charge < -0.3 is 0 Å². The highest BCUT2D eigenvalue weighted by Gasteiger charge is 1.85. The van der Waals surface area contributed by atoms with Crippen molar-refractivity contribution < 1.29 is 0 Å². The fourth-order valence-electron chi connectivity index (χ4n) is 0.509. The van der Waals surface area contributed by atoms with E-state index in [9.17, 15) is 0 Å². The van der Waals surface area contributed by atoms with Gasteiger partial charge in [-0.1, -0.05) is 5.92 Å². The van der Waals surface area contributed by atoms with Crippen molar-refractivity contribution in [3.8, 4) is 12.3 Å². The zero-order valence-electron chi connectivity index (χ0n) is 6.18. The van der Waals surface area contributed by atoms with E-state index in [1.807, 2.05) is 20.9 Å². The first-order valence-corrected chi connectivity index (χ1v) is 2.83. The average Bonchev–Trinajstić information content (AvgIpc) is 1.63. The van der Waals surface area contributed by atoms with Gasteiger partial charge >= 0.3 is 0 Å². The summed E-state index contributed by atoms with van der Waals surface area (Å²) in [6.07, 6.45) is 5.04. The maximum absolute atomic E-state index is 5.04. The molecule has 2 nitrogen and oxygen atoms in total. The largest absolute Gasteiger partial charge is 0.288 e. The summed E-state index contributed by atoms with van der Waals surface area (Å²) < 4.78 is 0. The van der Waals surface area contributed by atoms with Gasteiger partial charge in [0.1, 0.15) is 0 Å². The van der Waals surface area contributed by atoms with E-state index in [1.165, 1.54) is 0 Å². The highest BCUT2D eigenvalue weighted by molar-refractivity contribution is 5.78. The number of hydrogen-bond donors (Lipinski definition) is 0. The molecule has 0 aliphatic rings. The molecule has 0 aromatic heterocycles. The Hall–Kier alpha value is -0.970. The number of rotatable bonds is 2. The van der Waals surface area contributed by atoms with Crippen LogP contribution in [0.4, 0.5) is 0 Å². The molecular weight excluding hydrogens is 112 g/mol. The molecule has 50 valence electrons. The fourth-order valence-corrected chi connectivity index (χ4v) is 0.509. The van der Waals surface area contributed by atoms with Gasteiger partial charge in [-0.2, -0.15) is 5.10 Å². The summed E-state index contributed by atoms with van der Waals surface area (Å²) >= 11 is 0. The molecule has 0 aromatic rings. The van der Waals surface area contributed by atoms with E-state index in [4.69, 9.17) is 6.42 Å². The van der Waals surface area contributed by atoms with E-state index in [2.05, 4.69) is 11.0 Å². The molecule has 0 aromatic carbocycles. The van der Waals surface area contributed by atoms with Crippen molar-refractivity contribution >= 4 is 5.71 Å². The van der Waals surface area contributed by atoms with Gasteiger partial charge in [-0.25, -0.2) is 0 Å². The second-order valence-electron chi connectivity index (χ2n) is 2.07. The van der Waals surface area contributed by atoms with E-state index < -0.39 is 0 Å². The Labute approximate surface area is 56.6 Å². The average molecular weight is 124 g/mol. The lowest BCUT2D eigenvalue weighted by Gasteiger charge is -2.07. The fraction of sp³-hybridized carbons (Fsp3) is 0.571. The summed E-state index contributed by atoms with van der Waals surface area (Å²) in [5.41, 5.74) is 1.02. The third-order valence-corrected chi connectivity index (χ3v) is 0.691. The monoisotopic (exact) mass is 124 g/mol. The van der Waals surface area contributed by atoms with Crippen LogP contribution in [0.1, 0.15) is 13.8 Å². The molecule has 0 unspecified atom stereocenters. The number of hydrogen-bond acceptors (Lipinski definition) is 2. The minimum absolute atomic E-state index is 0.575. The lowest BCUT2D eigenvalue weighted by atomic mass is 10.5. The van der Waals surface area contributed by atoms with E-state index in [0.29, 0.717) is 6.54 Å². The molecule has 0 rings (SSSR count). The first-order valence-electron chi connectivity index (χ1n) is 2.83. The molecule has 0 aliphatic heterocycles. The van der Waals surface area contributed by atoms with Crippen LogP contribution < -0.4 is 0 Å². The van der Waals surface area contributed by atoms with Crippen molar-refractivity contribution in [2.24, 2.45) is 5.10 Å². The first kappa shape index (κ1) is 8.03. The molecule has 0 radical (unpaired) electrons. The Kier molecular flexibility index (Phi) is 3.54. The van der Waals surface area contributed by atoms with Gasteiger partial charge in [0.2, 0.25) is 0 Å². The molecule has 0 aliphatic carbocycles. The van der Waals surface area contributed by atoms with Crippen LogP contribution in [0.2, 0.25) is 0 Å². The molecule has 0 N–H and O–H groups in total. The van der Waals surface area contributed by atoms with Gasteiger partial charge in [-0.05, 0) is 13.8 Å². The molecule has 0 atom stereocenters. The van der Waals surface area contributed by atoms with Crippen LogP contribution in [-0.4, -0.2) is 24.3 Å². The highest BCUT2D eigenvalue weighted by Crippen LogP contribution is 1.82. The Balaban J connectivity index is 3.65. The van der Waals surface area contributed by atoms with Crippen molar-refractivity contribution in [3.63, 3.8) is 0 Å². The molecular formula is C7H12N2. The molecule has 0 spiro atoms. The van der Waals surface area contributed by atoms with E-state index in [0.717, 1.165) is 5.71 Å². The Bertz CT molecular complexity index is 137. The second-order valence-corrected chi connectivity index (χ2v) is 2.07. The summed E-state index contributed by atoms with van der Waals surface area (Å²) in [4.78, 5) is 0. The van der Waals surface area contributed by atoms with Crippen LogP contribution in [0.5, 0.6) is 0 Å². The quantitative estimate of drug-likeness (QED) is 0.304. The summed E-state index contributed by atoms with van der Waals surface area (Å²) in [5, 5.41) is 5.81. The number of terminal acetylenes is 1. The third-order valence-electron chi connectivity index (χ3n) is 0.691. The summed E-state index contributed by atoms with van der Waals surface area (Å²) in [6, 6.07) is 0. The van der Waals surface area contributed by atoms with Gasteiger partial charge in [0.15, 0.2) is 0 Å². The van der Waals surface area contributed by atoms with Crippen molar-refractivity contribution in [2.45, 2.75) is 13.8 Å². The maximum Gasteiger partial charge on any atom is 0.0962 e. The van der Waals surface area contributed by atoms with Gasteiger partial charge in [-0.3, -0.25) is 5.01 Å². The van der Waals surface area contributed by atoms with Crippen LogP contribution in [0.15, 0.2) is 5.10 Å². The zero-order valence-corrected chi connectivity index (χ0v) is 6.18. The van der Waals surface area contributed by atoms with Crippen molar-refractivity contribution in [3.05, 3.63) is 0 Å². The predicted octanol–water partition coefficient (Wildman–Crippen LogP) is 0.947. The molecule has 0 bridgehead atoms. The summed E-state index contributed by atoms with van der Waals surface area (Å²) in [6.45, 7) is 4.45. The van der Waals surface area contributed by atoms with E-state index >= 15 is 0 Å². The van der Waals surface area contributed by atoms with Gasteiger partial charge in [-0.15, -0.1) is 6.42 Å². The van der Waals surface area contributed by atoms with Crippen molar-refractivity contribution in [1.82, 2.24) is 5.01 Å². The first-order chi connectivity index (χ1) is 4.16.